The Labute approximate surface area is 390 Å². The Morgan fingerprint density at radius 2 is 0.571 bits per heavy atom. The van der Waals surface area contributed by atoms with Gasteiger partial charge in [-0.2, -0.15) is 0 Å². The normalized spacial score (nSPS) is 12.5. The third-order valence-corrected chi connectivity index (χ3v) is 11.5. The first kappa shape index (κ1) is 60.1. The molecule has 0 aromatic heterocycles. The molecule has 0 saturated carbocycles. The molecule has 0 fully saturated rings. The Bertz CT molecular complexity index is 1150. The second-order valence-corrected chi connectivity index (χ2v) is 17.8. The van der Waals surface area contributed by atoms with Crippen LogP contribution in [0.25, 0.3) is 0 Å². The third-order valence-electron chi connectivity index (χ3n) is 11.5. The second kappa shape index (κ2) is 51.7. The lowest BCUT2D eigenvalue weighted by atomic mass is 10.1. The summed E-state index contributed by atoms with van der Waals surface area (Å²) in [4.78, 5) is 38.0. The highest BCUT2D eigenvalue weighted by Crippen LogP contribution is 2.15. The number of carbonyl (C=O) groups is 3. The van der Waals surface area contributed by atoms with E-state index in [2.05, 4.69) is 81.5 Å². The molecule has 1 atom stereocenters. The van der Waals surface area contributed by atoms with Crippen LogP contribution in [-0.4, -0.2) is 37.2 Å². The van der Waals surface area contributed by atoms with Gasteiger partial charge >= 0.3 is 17.9 Å². The van der Waals surface area contributed by atoms with Gasteiger partial charge in [-0.15, -0.1) is 0 Å². The molecule has 0 amide bonds. The van der Waals surface area contributed by atoms with E-state index >= 15 is 0 Å². The molecule has 6 heteroatoms. The Kier molecular flexibility index (Phi) is 49.4. The van der Waals surface area contributed by atoms with Crippen LogP contribution in [-0.2, 0) is 28.6 Å². The van der Waals surface area contributed by atoms with Gasteiger partial charge in [0.1, 0.15) is 13.2 Å². The van der Waals surface area contributed by atoms with Crippen molar-refractivity contribution in [2.45, 2.75) is 271 Å². The van der Waals surface area contributed by atoms with Crippen LogP contribution in [0.4, 0.5) is 0 Å². The molecule has 0 N–H and O–H groups in total. The minimum atomic E-state index is -0.784. The average molecular weight is 881 g/mol. The second-order valence-electron chi connectivity index (χ2n) is 17.8. The molecule has 0 aromatic carbocycles. The molecule has 63 heavy (non-hydrogen) atoms. The summed E-state index contributed by atoms with van der Waals surface area (Å²) >= 11 is 0. The average Bonchev–Trinajstić information content (AvgIpc) is 3.28. The molecular formula is C57H100O6. The monoisotopic (exact) mass is 881 g/mol. The molecule has 0 heterocycles. The van der Waals surface area contributed by atoms with Crippen molar-refractivity contribution in [3.63, 3.8) is 0 Å². The van der Waals surface area contributed by atoms with Crippen molar-refractivity contribution in [3.05, 3.63) is 60.8 Å². The fourth-order valence-electron chi connectivity index (χ4n) is 7.42. The van der Waals surface area contributed by atoms with Crippen molar-refractivity contribution >= 4 is 17.9 Å². The lowest BCUT2D eigenvalue weighted by Crippen LogP contribution is -2.30. The molecule has 0 spiro atoms. The predicted molar refractivity (Wildman–Crippen MR) is 270 cm³/mol. The van der Waals surface area contributed by atoms with Crippen molar-refractivity contribution in [1.82, 2.24) is 0 Å². The standard InChI is InChI=1S/C57H100O6/c1-4-7-10-13-16-19-22-24-26-27-28-29-31-32-35-38-41-44-47-50-56(59)62-53-54(52-61-55(58)49-46-43-40-37-34-21-18-15-12-9-6-3)63-57(60)51-48-45-42-39-36-33-30-25-23-20-17-14-11-8-5-2/h16-17,19-20,24-26,28-30,54H,4-15,18,21-23,27,31-53H2,1-3H3/b19-16-,20-17-,26-24-,29-28-,30-25-. The van der Waals surface area contributed by atoms with Crippen LogP contribution < -0.4 is 0 Å². The van der Waals surface area contributed by atoms with E-state index in [9.17, 15) is 14.4 Å². The number of unbranched alkanes of at least 4 members (excludes halogenated alkanes) is 27. The molecule has 0 aliphatic carbocycles. The Balaban J connectivity index is 4.38. The summed E-state index contributed by atoms with van der Waals surface area (Å²) in [5.41, 5.74) is 0. The zero-order chi connectivity index (χ0) is 45.8. The van der Waals surface area contributed by atoms with Crippen LogP contribution in [0.1, 0.15) is 265 Å². The van der Waals surface area contributed by atoms with Gasteiger partial charge in [-0.05, 0) is 89.9 Å². The number of hydrogen-bond acceptors (Lipinski definition) is 6. The van der Waals surface area contributed by atoms with Crippen LogP contribution in [0, 0.1) is 0 Å². The molecule has 1 unspecified atom stereocenters. The highest BCUT2D eigenvalue weighted by Gasteiger charge is 2.19. The van der Waals surface area contributed by atoms with Gasteiger partial charge in [0.05, 0.1) is 0 Å². The maximum Gasteiger partial charge on any atom is 0.306 e. The summed E-state index contributed by atoms with van der Waals surface area (Å²) in [6, 6.07) is 0. The SMILES string of the molecule is CCCCC/C=C\C/C=C\C/C=C\CCCCCCCCC(=O)OCC(COC(=O)CCCCCCCCCCCCC)OC(=O)CCCCCCC/C=C\C/C=C\CCCCC. The summed E-state index contributed by atoms with van der Waals surface area (Å²) in [5.74, 6) is -0.904. The first-order valence-electron chi connectivity index (χ1n) is 26.8. The van der Waals surface area contributed by atoms with E-state index in [0.717, 1.165) is 103 Å². The number of esters is 3. The quantitative estimate of drug-likeness (QED) is 0.0262. The molecule has 0 rings (SSSR count). The van der Waals surface area contributed by atoms with Crippen LogP contribution in [0.15, 0.2) is 60.8 Å². The van der Waals surface area contributed by atoms with Gasteiger partial charge in [0.15, 0.2) is 6.10 Å². The zero-order valence-corrected chi connectivity index (χ0v) is 41.6. The third kappa shape index (κ3) is 50.0. The van der Waals surface area contributed by atoms with E-state index in [4.69, 9.17) is 14.2 Å². The minimum absolute atomic E-state index is 0.0825. The Morgan fingerprint density at radius 3 is 0.921 bits per heavy atom. The predicted octanol–water partition coefficient (Wildman–Crippen LogP) is 17.6. The fraction of sp³-hybridized carbons (Fsp3) is 0.772. The van der Waals surface area contributed by atoms with E-state index in [-0.39, 0.29) is 31.1 Å². The summed E-state index contributed by atoms with van der Waals surface area (Å²) in [6.07, 6.45) is 63.4. The molecule has 0 aromatic rings. The van der Waals surface area contributed by atoms with Crippen LogP contribution >= 0.6 is 0 Å². The van der Waals surface area contributed by atoms with Crippen molar-refractivity contribution in [2.75, 3.05) is 13.2 Å². The van der Waals surface area contributed by atoms with E-state index in [1.54, 1.807) is 0 Å². The summed E-state index contributed by atoms with van der Waals surface area (Å²) in [7, 11) is 0. The van der Waals surface area contributed by atoms with E-state index < -0.39 is 6.10 Å². The van der Waals surface area contributed by atoms with Crippen LogP contribution in [0.3, 0.4) is 0 Å². The van der Waals surface area contributed by atoms with E-state index in [1.807, 2.05) is 0 Å². The van der Waals surface area contributed by atoms with Gasteiger partial charge in [-0.25, -0.2) is 0 Å². The van der Waals surface area contributed by atoms with Gasteiger partial charge in [0.2, 0.25) is 0 Å². The molecule has 6 nitrogen and oxygen atoms in total. The van der Waals surface area contributed by atoms with Gasteiger partial charge < -0.3 is 14.2 Å². The number of ether oxygens (including phenoxy) is 3. The summed E-state index contributed by atoms with van der Waals surface area (Å²) < 4.78 is 16.8. The largest absolute Gasteiger partial charge is 0.462 e. The highest BCUT2D eigenvalue weighted by atomic mass is 16.6. The maximum atomic E-state index is 12.8. The van der Waals surface area contributed by atoms with Gasteiger partial charge in [-0.3, -0.25) is 14.4 Å². The van der Waals surface area contributed by atoms with Crippen molar-refractivity contribution in [3.8, 4) is 0 Å². The van der Waals surface area contributed by atoms with Gasteiger partial charge in [-0.1, -0.05) is 216 Å². The molecule has 0 aliphatic heterocycles. The summed E-state index contributed by atoms with van der Waals surface area (Å²) in [6.45, 7) is 6.56. The molecule has 0 radical (unpaired) electrons. The molecule has 0 aliphatic rings. The highest BCUT2D eigenvalue weighted by molar-refractivity contribution is 5.71. The van der Waals surface area contributed by atoms with E-state index in [1.165, 1.54) is 122 Å². The lowest BCUT2D eigenvalue weighted by molar-refractivity contribution is -0.167. The number of carbonyl (C=O) groups excluding carboxylic acids is 3. The van der Waals surface area contributed by atoms with E-state index in [0.29, 0.717) is 19.3 Å². The van der Waals surface area contributed by atoms with Gasteiger partial charge in [0.25, 0.3) is 0 Å². The van der Waals surface area contributed by atoms with Crippen molar-refractivity contribution in [2.24, 2.45) is 0 Å². The molecule has 0 bridgehead atoms. The smallest absolute Gasteiger partial charge is 0.306 e. The van der Waals surface area contributed by atoms with Crippen LogP contribution in [0.2, 0.25) is 0 Å². The number of rotatable bonds is 48. The Morgan fingerprint density at radius 1 is 0.317 bits per heavy atom. The molecule has 0 saturated heterocycles. The van der Waals surface area contributed by atoms with Crippen LogP contribution in [0.5, 0.6) is 0 Å². The maximum absolute atomic E-state index is 12.8. The number of allylic oxidation sites excluding steroid dienone is 10. The molecule has 364 valence electrons. The first-order chi connectivity index (χ1) is 31.0. The zero-order valence-electron chi connectivity index (χ0n) is 41.6. The van der Waals surface area contributed by atoms with Gasteiger partial charge in [0, 0.05) is 19.3 Å². The number of hydrogen-bond donors (Lipinski definition) is 0. The minimum Gasteiger partial charge on any atom is -0.462 e. The van der Waals surface area contributed by atoms with Crippen molar-refractivity contribution < 1.29 is 28.6 Å². The fourth-order valence-corrected chi connectivity index (χ4v) is 7.42. The summed E-state index contributed by atoms with van der Waals surface area (Å²) in [5, 5.41) is 0. The first-order valence-corrected chi connectivity index (χ1v) is 26.8. The topological polar surface area (TPSA) is 78.9 Å². The lowest BCUT2D eigenvalue weighted by Gasteiger charge is -2.18. The molecular weight excluding hydrogens is 781 g/mol. The van der Waals surface area contributed by atoms with Crippen molar-refractivity contribution in [1.29, 1.82) is 0 Å². The Hall–Kier alpha value is -2.89.